The Morgan fingerprint density at radius 3 is 2.29 bits per heavy atom. The number of rotatable bonds is 8. The molecule has 3 aromatic rings. The summed E-state index contributed by atoms with van der Waals surface area (Å²) in [6.07, 6.45) is 1.28. The first-order chi connectivity index (χ1) is 16.9. The summed E-state index contributed by atoms with van der Waals surface area (Å²) in [4.78, 5) is 35.6. The van der Waals surface area contributed by atoms with Crippen LogP contribution in [0.1, 0.15) is 15.9 Å². The van der Waals surface area contributed by atoms with E-state index in [1.54, 1.807) is 42.5 Å². The molecule has 0 saturated heterocycles. The number of ether oxygens (including phenoxy) is 3. The lowest BCUT2D eigenvalue weighted by Crippen LogP contribution is -2.14. The first kappa shape index (κ1) is 24.5. The van der Waals surface area contributed by atoms with Gasteiger partial charge in [-0.05, 0) is 42.0 Å². The van der Waals surface area contributed by atoms with Crippen molar-refractivity contribution < 1.29 is 28.7 Å². The number of anilines is 1. The molecule has 0 saturated carbocycles. The summed E-state index contributed by atoms with van der Waals surface area (Å²) in [7, 11) is 2.75. The molecule has 0 radical (unpaired) electrons. The number of hydrogen-bond donors (Lipinski definition) is 1. The van der Waals surface area contributed by atoms with E-state index in [-0.39, 0.29) is 34.2 Å². The quantitative estimate of drug-likeness (QED) is 0.127. The first-order valence-corrected chi connectivity index (χ1v) is 10.1. The van der Waals surface area contributed by atoms with Gasteiger partial charge in [0.2, 0.25) is 0 Å². The van der Waals surface area contributed by atoms with Gasteiger partial charge in [-0.1, -0.05) is 24.3 Å². The van der Waals surface area contributed by atoms with Crippen LogP contribution in [0.3, 0.4) is 0 Å². The topological polar surface area (TPSA) is 141 Å². The van der Waals surface area contributed by atoms with Crippen molar-refractivity contribution in [3.05, 3.63) is 93.5 Å². The van der Waals surface area contributed by atoms with E-state index in [0.29, 0.717) is 11.1 Å². The Bertz CT molecular complexity index is 1340. The zero-order valence-corrected chi connectivity index (χ0v) is 18.7. The highest BCUT2D eigenvalue weighted by Gasteiger charge is 2.17. The summed E-state index contributed by atoms with van der Waals surface area (Å²) < 4.78 is 15.8. The molecule has 0 heterocycles. The molecular formula is C25H19N3O7. The number of nitriles is 1. The van der Waals surface area contributed by atoms with Crippen LogP contribution in [0.25, 0.3) is 6.08 Å². The van der Waals surface area contributed by atoms with Crippen molar-refractivity contribution >= 4 is 29.3 Å². The van der Waals surface area contributed by atoms with Gasteiger partial charge in [0.1, 0.15) is 17.4 Å². The number of benzene rings is 3. The van der Waals surface area contributed by atoms with Gasteiger partial charge in [-0.15, -0.1) is 0 Å². The average molecular weight is 473 g/mol. The maximum Gasteiger partial charge on any atom is 0.343 e. The number of non-ortho nitro benzene ring substituents is 1. The summed E-state index contributed by atoms with van der Waals surface area (Å²) in [6.45, 7) is 0. The van der Waals surface area contributed by atoms with Crippen molar-refractivity contribution in [2.75, 3.05) is 19.5 Å². The number of esters is 1. The Morgan fingerprint density at radius 1 is 0.971 bits per heavy atom. The Hall–Kier alpha value is -5.17. The molecule has 1 amide bonds. The molecule has 3 rings (SSSR count). The number of nitrogens with zero attached hydrogens (tertiary/aromatic N) is 2. The molecule has 0 bridgehead atoms. The van der Waals surface area contributed by atoms with Crippen LogP contribution in [-0.2, 0) is 4.79 Å². The number of nitro benzene ring substituents is 1. The molecule has 1 N–H and O–H groups in total. The third kappa shape index (κ3) is 6.00. The van der Waals surface area contributed by atoms with Gasteiger partial charge < -0.3 is 19.5 Å². The third-order valence-electron chi connectivity index (χ3n) is 4.72. The smallest absolute Gasteiger partial charge is 0.343 e. The molecule has 0 atom stereocenters. The summed E-state index contributed by atoms with van der Waals surface area (Å²) in [5.41, 5.74) is 0.172. The van der Waals surface area contributed by atoms with Crippen molar-refractivity contribution in [2.24, 2.45) is 0 Å². The fourth-order valence-corrected chi connectivity index (χ4v) is 3.01. The predicted molar refractivity (Wildman–Crippen MR) is 126 cm³/mol. The molecule has 0 aliphatic carbocycles. The zero-order valence-electron chi connectivity index (χ0n) is 18.7. The molecule has 0 unspecified atom stereocenters. The van der Waals surface area contributed by atoms with Crippen LogP contribution in [0.5, 0.6) is 17.2 Å². The second kappa shape index (κ2) is 11.1. The standard InChI is InChI=1S/C25H19N3O7/c1-33-21-11-9-19(28(31)32)14-20(21)27-24(29)18(15-26)12-16-8-10-22(34-2)23(13-16)35-25(30)17-6-4-3-5-7-17/h3-14H,1-2H3,(H,27,29)/b18-12+. The number of hydrogen-bond acceptors (Lipinski definition) is 8. The van der Waals surface area contributed by atoms with E-state index >= 15 is 0 Å². The monoisotopic (exact) mass is 473 g/mol. The van der Waals surface area contributed by atoms with Crippen molar-refractivity contribution in [3.63, 3.8) is 0 Å². The van der Waals surface area contributed by atoms with Crippen LogP contribution >= 0.6 is 0 Å². The lowest BCUT2D eigenvalue weighted by atomic mass is 10.1. The molecule has 10 nitrogen and oxygen atoms in total. The largest absolute Gasteiger partial charge is 0.495 e. The van der Waals surface area contributed by atoms with Gasteiger partial charge in [0, 0.05) is 12.1 Å². The molecule has 176 valence electrons. The van der Waals surface area contributed by atoms with Crippen molar-refractivity contribution in [1.82, 2.24) is 0 Å². The van der Waals surface area contributed by atoms with Gasteiger partial charge in [-0.2, -0.15) is 5.26 Å². The molecule has 35 heavy (non-hydrogen) atoms. The molecule has 0 fully saturated rings. The van der Waals surface area contributed by atoms with Crippen molar-refractivity contribution in [1.29, 1.82) is 5.26 Å². The highest BCUT2D eigenvalue weighted by Crippen LogP contribution is 2.31. The molecule has 0 aromatic heterocycles. The minimum Gasteiger partial charge on any atom is -0.495 e. The lowest BCUT2D eigenvalue weighted by molar-refractivity contribution is -0.384. The minimum absolute atomic E-state index is 0.0278. The molecule has 0 spiro atoms. The van der Waals surface area contributed by atoms with E-state index in [4.69, 9.17) is 14.2 Å². The molecule has 0 aliphatic heterocycles. The van der Waals surface area contributed by atoms with E-state index in [2.05, 4.69) is 5.32 Å². The summed E-state index contributed by atoms with van der Waals surface area (Å²) >= 11 is 0. The summed E-state index contributed by atoms with van der Waals surface area (Å²) in [6, 6.07) is 18.4. The first-order valence-electron chi connectivity index (χ1n) is 10.1. The molecule has 0 aliphatic rings. The van der Waals surface area contributed by atoms with Gasteiger partial charge in [0.05, 0.1) is 30.4 Å². The predicted octanol–water partition coefficient (Wildman–Crippen LogP) is 4.38. The minimum atomic E-state index is -0.815. The number of carbonyl (C=O) groups is 2. The Balaban J connectivity index is 1.88. The molecule has 10 heteroatoms. The normalized spacial score (nSPS) is 10.6. The lowest BCUT2D eigenvalue weighted by Gasteiger charge is -2.11. The van der Waals surface area contributed by atoms with Gasteiger partial charge in [0.15, 0.2) is 11.5 Å². The Morgan fingerprint density at radius 2 is 1.66 bits per heavy atom. The number of nitro groups is 1. The van der Waals surface area contributed by atoms with Gasteiger partial charge in [-0.3, -0.25) is 14.9 Å². The Kier molecular flexibility index (Phi) is 7.77. The second-order valence-electron chi connectivity index (χ2n) is 6.93. The van der Waals surface area contributed by atoms with E-state index in [1.165, 1.54) is 44.6 Å². The molecule has 3 aromatic carbocycles. The highest BCUT2D eigenvalue weighted by molar-refractivity contribution is 6.10. The van der Waals surface area contributed by atoms with Gasteiger partial charge in [-0.25, -0.2) is 4.79 Å². The van der Waals surface area contributed by atoms with Gasteiger partial charge in [0.25, 0.3) is 11.6 Å². The van der Waals surface area contributed by atoms with Crippen molar-refractivity contribution in [3.8, 4) is 23.3 Å². The Labute approximate surface area is 200 Å². The average Bonchev–Trinajstić information content (AvgIpc) is 2.87. The zero-order chi connectivity index (χ0) is 25.4. The van der Waals surface area contributed by atoms with E-state index in [1.807, 2.05) is 0 Å². The second-order valence-corrected chi connectivity index (χ2v) is 6.93. The number of nitrogens with one attached hydrogen (secondary N) is 1. The van der Waals surface area contributed by atoms with Crippen LogP contribution in [0.2, 0.25) is 0 Å². The summed E-state index contributed by atoms with van der Waals surface area (Å²) in [5, 5.41) is 23.1. The van der Waals surface area contributed by atoms with Crippen LogP contribution in [0.4, 0.5) is 11.4 Å². The highest BCUT2D eigenvalue weighted by atomic mass is 16.6. The van der Waals surface area contributed by atoms with Crippen molar-refractivity contribution in [2.45, 2.75) is 0 Å². The van der Waals surface area contributed by atoms with Gasteiger partial charge >= 0.3 is 5.97 Å². The van der Waals surface area contributed by atoms with E-state index < -0.39 is 16.8 Å². The summed E-state index contributed by atoms with van der Waals surface area (Å²) in [5.74, 6) is -0.879. The maximum atomic E-state index is 12.7. The van der Waals surface area contributed by atoms with Crippen LogP contribution in [-0.4, -0.2) is 31.0 Å². The fraction of sp³-hybridized carbons (Fsp3) is 0.0800. The van der Waals surface area contributed by atoms with Crippen LogP contribution < -0.4 is 19.5 Å². The van der Waals surface area contributed by atoms with E-state index in [9.17, 15) is 25.0 Å². The van der Waals surface area contributed by atoms with Crippen LogP contribution in [0, 0.1) is 21.4 Å². The maximum absolute atomic E-state index is 12.7. The third-order valence-corrected chi connectivity index (χ3v) is 4.72. The number of carbonyl (C=O) groups excluding carboxylic acids is 2. The molecular weight excluding hydrogens is 454 g/mol. The fourth-order valence-electron chi connectivity index (χ4n) is 3.01. The number of amides is 1. The van der Waals surface area contributed by atoms with E-state index in [0.717, 1.165) is 6.07 Å². The number of methoxy groups -OCH3 is 2. The van der Waals surface area contributed by atoms with Crippen LogP contribution in [0.15, 0.2) is 72.3 Å². The SMILES string of the molecule is COc1ccc([N+](=O)[O-])cc1NC(=O)/C(C#N)=C/c1ccc(OC)c(OC(=O)c2ccccc2)c1.